The van der Waals surface area contributed by atoms with E-state index in [1.165, 1.54) is 11.1 Å². The lowest BCUT2D eigenvalue weighted by Gasteiger charge is -2.25. The highest BCUT2D eigenvalue weighted by atomic mass is 79.9. The molecule has 0 aromatic carbocycles. The van der Waals surface area contributed by atoms with Crippen molar-refractivity contribution in [3.63, 3.8) is 0 Å². The standard InChI is InChI=1S/C14H20BrN3O3/c1-2-21-12(19)6-7-16-13-11(15)8-17-18(14(13)20)9-10-4-3-5-10/h8,10,16H,2-7,9H2,1H3. The second kappa shape index (κ2) is 7.59. The molecule has 6 nitrogen and oxygen atoms in total. The number of carbonyl (C=O) groups excluding carboxylic acids is 1. The fourth-order valence-corrected chi connectivity index (χ4v) is 2.60. The highest BCUT2D eigenvalue weighted by molar-refractivity contribution is 9.10. The summed E-state index contributed by atoms with van der Waals surface area (Å²) in [5.74, 6) is 0.286. The molecule has 0 saturated heterocycles. The minimum Gasteiger partial charge on any atom is -0.466 e. The molecular weight excluding hydrogens is 338 g/mol. The van der Waals surface area contributed by atoms with Crippen LogP contribution in [0.15, 0.2) is 15.5 Å². The van der Waals surface area contributed by atoms with E-state index in [1.807, 2.05) is 0 Å². The first kappa shape index (κ1) is 16.0. The normalized spacial score (nSPS) is 14.6. The van der Waals surface area contributed by atoms with Crippen LogP contribution >= 0.6 is 15.9 Å². The van der Waals surface area contributed by atoms with Crippen molar-refractivity contribution in [3.05, 3.63) is 21.0 Å². The van der Waals surface area contributed by atoms with Gasteiger partial charge in [0, 0.05) is 13.1 Å². The molecule has 1 heterocycles. The molecule has 2 rings (SSSR count). The van der Waals surface area contributed by atoms with Crippen LogP contribution in [-0.2, 0) is 16.1 Å². The summed E-state index contributed by atoms with van der Waals surface area (Å²) in [6, 6.07) is 0. The van der Waals surface area contributed by atoms with E-state index in [9.17, 15) is 9.59 Å². The first-order valence-electron chi connectivity index (χ1n) is 7.27. The summed E-state index contributed by atoms with van der Waals surface area (Å²) in [5, 5.41) is 7.16. The van der Waals surface area contributed by atoms with Gasteiger partial charge in [0.25, 0.3) is 5.56 Å². The largest absolute Gasteiger partial charge is 0.466 e. The minimum atomic E-state index is -0.273. The maximum Gasteiger partial charge on any atom is 0.307 e. The zero-order chi connectivity index (χ0) is 15.2. The summed E-state index contributed by atoms with van der Waals surface area (Å²) < 4.78 is 6.97. The Bertz CT molecular complexity index is 555. The molecule has 0 unspecified atom stereocenters. The van der Waals surface area contributed by atoms with E-state index in [1.54, 1.807) is 13.1 Å². The van der Waals surface area contributed by atoms with E-state index >= 15 is 0 Å². The third-order valence-electron chi connectivity index (χ3n) is 3.59. The number of ether oxygens (including phenoxy) is 1. The molecule has 1 N–H and O–H groups in total. The minimum absolute atomic E-state index is 0.153. The number of rotatable bonds is 7. The van der Waals surface area contributed by atoms with Crippen LogP contribution in [0.2, 0.25) is 0 Å². The molecule has 1 aliphatic carbocycles. The van der Waals surface area contributed by atoms with Gasteiger partial charge in [0.15, 0.2) is 0 Å². The number of anilines is 1. The molecule has 21 heavy (non-hydrogen) atoms. The van der Waals surface area contributed by atoms with Gasteiger partial charge in [-0.25, -0.2) is 4.68 Å². The number of hydrogen-bond donors (Lipinski definition) is 1. The maximum absolute atomic E-state index is 12.4. The van der Waals surface area contributed by atoms with Gasteiger partial charge in [0.2, 0.25) is 0 Å². The number of hydrogen-bond acceptors (Lipinski definition) is 5. The van der Waals surface area contributed by atoms with E-state index in [0.29, 0.717) is 35.8 Å². The van der Waals surface area contributed by atoms with Crippen LogP contribution < -0.4 is 10.9 Å². The van der Waals surface area contributed by atoms with Crippen molar-refractivity contribution in [2.45, 2.75) is 39.2 Å². The van der Waals surface area contributed by atoms with Gasteiger partial charge < -0.3 is 10.1 Å². The molecule has 1 aromatic rings. The van der Waals surface area contributed by atoms with Gasteiger partial charge in [-0.1, -0.05) is 6.42 Å². The summed E-state index contributed by atoms with van der Waals surface area (Å²) in [7, 11) is 0. The highest BCUT2D eigenvalue weighted by Crippen LogP contribution is 2.27. The van der Waals surface area contributed by atoms with Gasteiger partial charge in [0.05, 0.1) is 23.7 Å². The summed E-state index contributed by atoms with van der Waals surface area (Å²) in [6.45, 7) is 3.16. The smallest absolute Gasteiger partial charge is 0.307 e. The van der Waals surface area contributed by atoms with Crippen molar-refractivity contribution in [2.24, 2.45) is 5.92 Å². The SMILES string of the molecule is CCOC(=O)CCNc1c(Br)cnn(CC2CCC2)c1=O. The predicted octanol–water partition coefficient (Wildman–Crippen LogP) is 2.17. The quantitative estimate of drug-likeness (QED) is 0.757. The highest BCUT2D eigenvalue weighted by Gasteiger charge is 2.20. The van der Waals surface area contributed by atoms with Gasteiger partial charge in [-0.3, -0.25) is 9.59 Å². The van der Waals surface area contributed by atoms with Crippen LogP contribution in [0.5, 0.6) is 0 Å². The fourth-order valence-electron chi connectivity index (χ4n) is 2.20. The van der Waals surface area contributed by atoms with Crippen molar-refractivity contribution >= 4 is 27.6 Å². The Balaban J connectivity index is 1.98. The van der Waals surface area contributed by atoms with Gasteiger partial charge >= 0.3 is 5.97 Å². The summed E-state index contributed by atoms with van der Waals surface area (Å²) >= 11 is 3.32. The summed E-state index contributed by atoms with van der Waals surface area (Å²) in [6.07, 6.45) is 5.41. The number of nitrogens with zero attached hydrogens (tertiary/aromatic N) is 2. The van der Waals surface area contributed by atoms with Crippen LogP contribution in [0.3, 0.4) is 0 Å². The van der Waals surface area contributed by atoms with Crippen molar-refractivity contribution in [1.29, 1.82) is 0 Å². The van der Waals surface area contributed by atoms with Crippen LogP contribution in [0.4, 0.5) is 5.69 Å². The number of halogens is 1. The topological polar surface area (TPSA) is 73.2 Å². The first-order valence-corrected chi connectivity index (χ1v) is 8.06. The van der Waals surface area contributed by atoms with Gasteiger partial charge in [-0.15, -0.1) is 0 Å². The molecule has 1 saturated carbocycles. The van der Waals surface area contributed by atoms with E-state index < -0.39 is 0 Å². The molecule has 0 atom stereocenters. The second-order valence-electron chi connectivity index (χ2n) is 5.13. The second-order valence-corrected chi connectivity index (χ2v) is 5.99. The third-order valence-corrected chi connectivity index (χ3v) is 4.19. The molecule has 7 heteroatoms. The Labute approximate surface area is 132 Å². The van der Waals surface area contributed by atoms with Crippen molar-refractivity contribution in [1.82, 2.24) is 9.78 Å². The molecule has 0 aliphatic heterocycles. The van der Waals surface area contributed by atoms with Gasteiger partial charge in [-0.05, 0) is 41.6 Å². The molecule has 0 radical (unpaired) electrons. The zero-order valence-corrected chi connectivity index (χ0v) is 13.7. The average Bonchev–Trinajstić information content (AvgIpc) is 2.40. The molecule has 1 aromatic heterocycles. The zero-order valence-electron chi connectivity index (χ0n) is 12.1. The molecule has 0 spiro atoms. The number of aromatic nitrogens is 2. The van der Waals surface area contributed by atoms with E-state index in [2.05, 4.69) is 26.3 Å². The summed E-state index contributed by atoms with van der Waals surface area (Å²) in [5.41, 5.74) is 0.300. The lowest BCUT2D eigenvalue weighted by molar-refractivity contribution is -0.142. The Kier molecular flexibility index (Phi) is 5.78. The van der Waals surface area contributed by atoms with Gasteiger partial charge in [-0.2, -0.15) is 5.10 Å². The molecular formula is C14H20BrN3O3. The molecule has 0 amide bonds. The van der Waals surface area contributed by atoms with Crippen molar-refractivity contribution < 1.29 is 9.53 Å². The third kappa shape index (κ3) is 4.30. The summed E-state index contributed by atoms with van der Waals surface area (Å²) in [4.78, 5) is 23.7. The maximum atomic E-state index is 12.4. The Morgan fingerprint density at radius 1 is 1.57 bits per heavy atom. The number of carbonyl (C=O) groups is 1. The Morgan fingerprint density at radius 3 is 2.95 bits per heavy atom. The van der Waals surface area contributed by atoms with Crippen molar-refractivity contribution in [2.75, 3.05) is 18.5 Å². The van der Waals surface area contributed by atoms with E-state index in [4.69, 9.17) is 4.74 Å². The molecule has 0 bridgehead atoms. The van der Waals surface area contributed by atoms with Crippen LogP contribution in [0.25, 0.3) is 0 Å². The Morgan fingerprint density at radius 2 is 2.33 bits per heavy atom. The van der Waals surface area contributed by atoms with Crippen LogP contribution in [0, 0.1) is 5.92 Å². The predicted molar refractivity (Wildman–Crippen MR) is 83.3 cm³/mol. The van der Waals surface area contributed by atoms with E-state index in [0.717, 1.165) is 12.8 Å². The number of nitrogens with one attached hydrogen (secondary N) is 1. The van der Waals surface area contributed by atoms with Crippen LogP contribution in [-0.4, -0.2) is 28.9 Å². The molecule has 1 fully saturated rings. The number of esters is 1. The monoisotopic (exact) mass is 357 g/mol. The van der Waals surface area contributed by atoms with Crippen LogP contribution in [0.1, 0.15) is 32.6 Å². The van der Waals surface area contributed by atoms with Gasteiger partial charge in [0.1, 0.15) is 5.69 Å². The first-order chi connectivity index (χ1) is 10.1. The fraction of sp³-hybridized carbons (Fsp3) is 0.643. The lowest BCUT2D eigenvalue weighted by atomic mass is 9.85. The lowest BCUT2D eigenvalue weighted by Crippen LogP contribution is -2.31. The molecule has 1 aliphatic rings. The average molecular weight is 358 g/mol. The Hall–Kier alpha value is -1.37. The van der Waals surface area contributed by atoms with Crippen molar-refractivity contribution in [3.8, 4) is 0 Å². The van der Waals surface area contributed by atoms with E-state index in [-0.39, 0.29) is 17.9 Å². The molecule has 116 valence electrons.